The molecular weight excluding hydrogens is 452 g/mol. The Morgan fingerprint density at radius 1 is 0.571 bits per heavy atom. The highest BCUT2D eigenvalue weighted by atomic mass is 16.6. The van der Waals surface area contributed by atoms with Crippen LogP contribution in [0.4, 0.5) is 0 Å². The fourth-order valence-electron chi connectivity index (χ4n) is 4.07. The summed E-state index contributed by atoms with van der Waals surface area (Å²) in [6.45, 7) is 3.89. The van der Waals surface area contributed by atoms with E-state index >= 15 is 0 Å². The van der Waals surface area contributed by atoms with Crippen LogP contribution in [0.1, 0.15) is 124 Å². The second-order valence-electron chi connectivity index (χ2n) is 9.40. The van der Waals surface area contributed by atoms with E-state index < -0.39 is 37.4 Å². The molecule has 0 fully saturated rings. The van der Waals surface area contributed by atoms with Crippen LogP contribution >= 0.6 is 0 Å². The molecule has 0 heterocycles. The molecule has 0 aromatic rings. The van der Waals surface area contributed by atoms with Gasteiger partial charge >= 0.3 is 17.9 Å². The topological polar surface area (TPSA) is 119 Å². The van der Waals surface area contributed by atoms with Gasteiger partial charge in [0, 0.05) is 13.8 Å². The first-order chi connectivity index (χ1) is 16.8. The Labute approximate surface area is 212 Å². The second kappa shape index (κ2) is 22.8. The quantitative estimate of drug-likeness (QED) is 0.114. The van der Waals surface area contributed by atoms with Gasteiger partial charge in [-0.25, -0.2) is 0 Å². The van der Waals surface area contributed by atoms with E-state index in [1.807, 2.05) is 0 Å². The van der Waals surface area contributed by atoms with E-state index in [1.54, 1.807) is 0 Å². The highest BCUT2D eigenvalue weighted by Gasteiger charge is 2.23. The molecule has 0 aliphatic rings. The molecule has 0 aromatic carbocycles. The number of carbonyl (C=O) groups is 3. The maximum Gasteiger partial charge on any atom is 0.309 e. The predicted octanol–water partition coefficient (Wildman–Crippen LogP) is 5.01. The van der Waals surface area contributed by atoms with Crippen molar-refractivity contribution in [3.63, 3.8) is 0 Å². The zero-order chi connectivity index (χ0) is 26.3. The largest absolute Gasteiger partial charge is 0.463 e. The van der Waals surface area contributed by atoms with Gasteiger partial charge in [0.2, 0.25) is 0 Å². The summed E-state index contributed by atoms with van der Waals surface area (Å²) in [7, 11) is 0. The van der Waals surface area contributed by atoms with Gasteiger partial charge < -0.3 is 24.4 Å². The number of unbranched alkanes of at least 4 members (excludes halogenated alkanes) is 11. The Balaban J connectivity index is 4.29. The number of ether oxygens (including phenoxy) is 3. The number of hydrogen-bond acceptors (Lipinski definition) is 8. The van der Waals surface area contributed by atoms with E-state index in [0.717, 1.165) is 19.3 Å². The molecule has 35 heavy (non-hydrogen) atoms. The van der Waals surface area contributed by atoms with Crippen LogP contribution in [0, 0.1) is 0 Å². The highest BCUT2D eigenvalue weighted by Crippen LogP contribution is 2.19. The number of aliphatic hydroxyl groups excluding tert-OH is 2. The normalized spacial score (nSPS) is 12.9. The monoisotopic (exact) mass is 502 g/mol. The van der Waals surface area contributed by atoms with Gasteiger partial charge in [0.05, 0.1) is 19.6 Å². The molecule has 0 aliphatic carbocycles. The second-order valence-corrected chi connectivity index (χ2v) is 9.40. The van der Waals surface area contributed by atoms with E-state index in [1.165, 1.54) is 78.1 Å². The van der Waals surface area contributed by atoms with Crippen LogP contribution in [0.15, 0.2) is 0 Å². The molecule has 0 aliphatic heterocycles. The van der Waals surface area contributed by atoms with Crippen LogP contribution in [-0.2, 0) is 28.6 Å². The number of carbonyl (C=O) groups excluding carboxylic acids is 3. The molecule has 0 rings (SSSR count). The van der Waals surface area contributed by atoms with E-state index in [0.29, 0.717) is 12.8 Å². The van der Waals surface area contributed by atoms with Gasteiger partial charge in [0.15, 0.2) is 0 Å². The number of aliphatic hydroxyl groups is 2. The standard InChI is InChI=1S/C27H50O8/c1-4-5-6-7-8-9-10-11-12-13-14-15-16-24(33-22(2)30)17-18-25(34-23(3)31)19-27(32)35-26(20-28)21-29/h24-26,28-29H,4-21H2,1-3H3/t24-,25+/m0/s1. The van der Waals surface area contributed by atoms with Crippen molar-refractivity contribution in [3.8, 4) is 0 Å². The van der Waals surface area contributed by atoms with E-state index in [-0.39, 0.29) is 18.5 Å². The van der Waals surface area contributed by atoms with Crippen molar-refractivity contribution in [3.05, 3.63) is 0 Å². The highest BCUT2D eigenvalue weighted by molar-refractivity contribution is 5.71. The fraction of sp³-hybridized carbons (Fsp3) is 0.889. The molecule has 0 aromatic heterocycles. The van der Waals surface area contributed by atoms with Crippen molar-refractivity contribution < 1.29 is 38.8 Å². The lowest BCUT2D eigenvalue weighted by Gasteiger charge is -2.22. The Hall–Kier alpha value is -1.67. The molecule has 0 radical (unpaired) electrons. The SMILES string of the molecule is CCCCCCCCCCCCCC[C@@H](CC[C@H](CC(=O)OC(CO)CO)OC(C)=O)OC(C)=O. The minimum Gasteiger partial charge on any atom is -0.463 e. The van der Waals surface area contributed by atoms with Crippen molar-refractivity contribution >= 4 is 17.9 Å². The average Bonchev–Trinajstić information content (AvgIpc) is 2.80. The Morgan fingerprint density at radius 3 is 1.46 bits per heavy atom. The Kier molecular flexibility index (Phi) is 21.7. The molecule has 8 heteroatoms. The lowest BCUT2D eigenvalue weighted by Crippen LogP contribution is -2.29. The van der Waals surface area contributed by atoms with E-state index in [2.05, 4.69) is 6.92 Å². The molecule has 2 atom stereocenters. The molecule has 0 spiro atoms. The van der Waals surface area contributed by atoms with Crippen molar-refractivity contribution in [2.24, 2.45) is 0 Å². The van der Waals surface area contributed by atoms with Crippen LogP contribution in [0.2, 0.25) is 0 Å². The molecule has 0 bridgehead atoms. The Bertz CT molecular complexity index is 547. The van der Waals surface area contributed by atoms with Crippen LogP contribution < -0.4 is 0 Å². The predicted molar refractivity (Wildman–Crippen MR) is 135 cm³/mol. The van der Waals surface area contributed by atoms with E-state index in [9.17, 15) is 14.4 Å². The third-order valence-corrected chi connectivity index (χ3v) is 5.96. The average molecular weight is 503 g/mol. The summed E-state index contributed by atoms with van der Waals surface area (Å²) in [4.78, 5) is 35.0. The van der Waals surface area contributed by atoms with Crippen LogP contribution in [-0.4, -0.2) is 59.6 Å². The smallest absolute Gasteiger partial charge is 0.309 e. The first-order valence-electron chi connectivity index (χ1n) is 13.6. The van der Waals surface area contributed by atoms with Crippen molar-refractivity contribution in [1.82, 2.24) is 0 Å². The Morgan fingerprint density at radius 2 is 1.00 bits per heavy atom. The lowest BCUT2D eigenvalue weighted by atomic mass is 10.0. The summed E-state index contributed by atoms with van der Waals surface area (Å²) in [5.74, 6) is -1.55. The van der Waals surface area contributed by atoms with Crippen molar-refractivity contribution in [1.29, 1.82) is 0 Å². The van der Waals surface area contributed by atoms with Gasteiger partial charge in [-0.2, -0.15) is 0 Å². The summed E-state index contributed by atoms with van der Waals surface area (Å²) in [6, 6.07) is 0. The van der Waals surface area contributed by atoms with Crippen LogP contribution in [0.3, 0.4) is 0 Å². The molecule has 0 amide bonds. The zero-order valence-electron chi connectivity index (χ0n) is 22.3. The van der Waals surface area contributed by atoms with Gasteiger partial charge in [-0.05, 0) is 25.7 Å². The minimum absolute atomic E-state index is 0.193. The van der Waals surface area contributed by atoms with Gasteiger partial charge in [0.1, 0.15) is 18.3 Å². The summed E-state index contributed by atoms with van der Waals surface area (Å²) < 4.78 is 15.7. The zero-order valence-corrected chi connectivity index (χ0v) is 22.3. The molecule has 8 nitrogen and oxygen atoms in total. The maximum atomic E-state index is 12.1. The summed E-state index contributed by atoms with van der Waals surface area (Å²) in [5.41, 5.74) is 0. The summed E-state index contributed by atoms with van der Waals surface area (Å²) in [6.07, 6.45) is 14.4. The third kappa shape index (κ3) is 21.3. The van der Waals surface area contributed by atoms with Crippen molar-refractivity contribution in [2.45, 2.75) is 142 Å². The first-order valence-corrected chi connectivity index (χ1v) is 13.6. The summed E-state index contributed by atoms with van der Waals surface area (Å²) in [5, 5.41) is 18.1. The number of hydrogen-bond donors (Lipinski definition) is 2. The summed E-state index contributed by atoms with van der Waals surface area (Å²) >= 11 is 0. The van der Waals surface area contributed by atoms with Crippen LogP contribution in [0.5, 0.6) is 0 Å². The molecular formula is C27H50O8. The molecule has 0 unspecified atom stereocenters. The molecule has 2 N–H and O–H groups in total. The lowest BCUT2D eigenvalue weighted by molar-refractivity contribution is -0.161. The van der Waals surface area contributed by atoms with E-state index in [4.69, 9.17) is 24.4 Å². The number of esters is 3. The first kappa shape index (κ1) is 33.3. The van der Waals surface area contributed by atoms with Gasteiger partial charge in [0.25, 0.3) is 0 Å². The molecule has 0 saturated carbocycles. The minimum atomic E-state index is -1.000. The van der Waals surface area contributed by atoms with Gasteiger partial charge in [-0.15, -0.1) is 0 Å². The van der Waals surface area contributed by atoms with Crippen LogP contribution in [0.25, 0.3) is 0 Å². The van der Waals surface area contributed by atoms with Gasteiger partial charge in [-0.1, -0.05) is 77.6 Å². The third-order valence-electron chi connectivity index (χ3n) is 5.96. The maximum absolute atomic E-state index is 12.1. The number of rotatable bonds is 23. The molecule has 0 saturated heterocycles. The fourth-order valence-corrected chi connectivity index (χ4v) is 4.07. The van der Waals surface area contributed by atoms with Crippen molar-refractivity contribution in [2.75, 3.05) is 13.2 Å². The van der Waals surface area contributed by atoms with Gasteiger partial charge in [-0.3, -0.25) is 14.4 Å². The molecule has 206 valence electrons.